The molecule has 5 heteroatoms. The molecule has 1 amide bonds. The van der Waals surface area contributed by atoms with Gasteiger partial charge in [-0.2, -0.15) is 0 Å². The fraction of sp³-hybridized carbons (Fsp3) is 0.467. The highest BCUT2D eigenvalue weighted by Gasteiger charge is 2.25. The smallest absolute Gasteiger partial charge is 0.245 e. The van der Waals surface area contributed by atoms with E-state index in [0.29, 0.717) is 4.77 Å². The lowest BCUT2D eigenvalue weighted by atomic mass is 10.2. The van der Waals surface area contributed by atoms with Gasteiger partial charge in [0, 0.05) is 13.1 Å². The number of aromatic nitrogens is 2. The van der Waals surface area contributed by atoms with E-state index in [9.17, 15) is 4.79 Å². The van der Waals surface area contributed by atoms with Crippen LogP contribution in [0.25, 0.3) is 11.0 Å². The maximum absolute atomic E-state index is 12.6. The van der Waals surface area contributed by atoms with Crippen molar-refractivity contribution in [2.75, 3.05) is 13.1 Å². The Balaban J connectivity index is 2.02. The van der Waals surface area contributed by atoms with Gasteiger partial charge < -0.3 is 14.5 Å². The number of nitrogens with one attached hydrogen (secondary N) is 1. The summed E-state index contributed by atoms with van der Waals surface area (Å²) >= 11 is 5.40. The van der Waals surface area contributed by atoms with Gasteiger partial charge in [0.25, 0.3) is 0 Å². The Morgan fingerprint density at radius 2 is 2.05 bits per heavy atom. The molecule has 106 valence electrons. The monoisotopic (exact) mass is 289 g/mol. The molecule has 1 aliphatic rings. The zero-order chi connectivity index (χ0) is 14.3. The molecule has 1 atom stereocenters. The minimum Gasteiger partial charge on any atom is -0.341 e. The molecule has 4 nitrogen and oxygen atoms in total. The van der Waals surface area contributed by atoms with Gasteiger partial charge in [-0.15, -0.1) is 0 Å². The molecular formula is C15H19N3OS. The Morgan fingerprint density at radius 3 is 2.75 bits per heavy atom. The Morgan fingerprint density at radius 1 is 1.35 bits per heavy atom. The van der Waals surface area contributed by atoms with Crippen molar-refractivity contribution in [2.24, 2.45) is 0 Å². The van der Waals surface area contributed by atoms with Crippen molar-refractivity contribution >= 4 is 29.2 Å². The van der Waals surface area contributed by atoms with E-state index in [2.05, 4.69) is 17.1 Å². The number of carbonyl (C=O) groups is 1. The minimum absolute atomic E-state index is 0.167. The summed E-state index contributed by atoms with van der Waals surface area (Å²) in [6.45, 7) is 5.73. The quantitative estimate of drug-likeness (QED) is 0.863. The Kier molecular flexibility index (Phi) is 3.38. The molecule has 2 heterocycles. The normalized spacial score (nSPS) is 16.8. The summed E-state index contributed by atoms with van der Waals surface area (Å²) in [6.07, 6.45) is 2.22. The van der Waals surface area contributed by atoms with Gasteiger partial charge in [0.1, 0.15) is 6.04 Å². The predicted molar refractivity (Wildman–Crippen MR) is 82.4 cm³/mol. The third-order valence-corrected chi connectivity index (χ3v) is 4.33. The van der Waals surface area contributed by atoms with Crippen LogP contribution in [0.5, 0.6) is 0 Å². The highest BCUT2D eigenvalue weighted by Crippen LogP contribution is 2.23. The van der Waals surface area contributed by atoms with Crippen molar-refractivity contribution in [1.82, 2.24) is 14.5 Å². The van der Waals surface area contributed by atoms with Crippen molar-refractivity contribution in [3.8, 4) is 0 Å². The topological polar surface area (TPSA) is 41.0 Å². The van der Waals surface area contributed by atoms with Gasteiger partial charge in [-0.05, 0) is 56.6 Å². The van der Waals surface area contributed by atoms with Gasteiger partial charge in [0.2, 0.25) is 5.91 Å². The molecule has 1 saturated heterocycles. The second-order valence-electron chi connectivity index (χ2n) is 5.53. The molecule has 20 heavy (non-hydrogen) atoms. The largest absolute Gasteiger partial charge is 0.341 e. The van der Waals surface area contributed by atoms with Crippen LogP contribution in [0.3, 0.4) is 0 Å². The first-order valence-electron chi connectivity index (χ1n) is 7.07. The number of carbonyl (C=O) groups excluding carboxylic acids is 1. The van der Waals surface area contributed by atoms with Gasteiger partial charge >= 0.3 is 0 Å². The fourth-order valence-electron chi connectivity index (χ4n) is 2.94. The summed E-state index contributed by atoms with van der Waals surface area (Å²) in [5, 5.41) is 0. The number of likely N-dealkylation sites (tertiary alicyclic amines) is 1. The maximum Gasteiger partial charge on any atom is 0.245 e. The number of H-pyrrole nitrogens is 1. The molecule has 1 aliphatic heterocycles. The average molecular weight is 289 g/mol. The molecule has 1 fully saturated rings. The zero-order valence-corrected chi connectivity index (χ0v) is 12.7. The van der Waals surface area contributed by atoms with Gasteiger partial charge in [0.05, 0.1) is 11.0 Å². The van der Waals surface area contributed by atoms with Crippen LogP contribution in [0.2, 0.25) is 0 Å². The van der Waals surface area contributed by atoms with Crippen molar-refractivity contribution in [3.05, 3.63) is 28.5 Å². The molecule has 1 aromatic heterocycles. The Bertz CT molecular complexity index is 709. The number of amides is 1. The highest BCUT2D eigenvalue weighted by molar-refractivity contribution is 7.71. The number of hydrogen-bond acceptors (Lipinski definition) is 2. The van der Waals surface area contributed by atoms with Crippen LogP contribution < -0.4 is 0 Å². The summed E-state index contributed by atoms with van der Waals surface area (Å²) in [6, 6.07) is 5.89. The second-order valence-corrected chi connectivity index (χ2v) is 5.92. The third-order valence-electron chi connectivity index (χ3n) is 4.03. The first kappa shape index (κ1) is 13.4. The standard InChI is InChI=1S/C15H19N3OS/c1-10-5-6-13-12(9-10)16-15(20)18(13)11(2)14(19)17-7-3-4-8-17/h5-6,9,11H,3-4,7-8H2,1-2H3,(H,16,20). The zero-order valence-electron chi connectivity index (χ0n) is 11.8. The molecular weight excluding hydrogens is 270 g/mol. The number of hydrogen-bond donors (Lipinski definition) is 1. The summed E-state index contributed by atoms with van der Waals surface area (Å²) in [5.74, 6) is 0.167. The molecule has 0 aliphatic carbocycles. The van der Waals surface area contributed by atoms with Crippen LogP contribution in [-0.4, -0.2) is 33.4 Å². The Hall–Kier alpha value is -1.62. The number of aryl methyl sites for hydroxylation is 1. The van der Waals surface area contributed by atoms with Crippen molar-refractivity contribution < 1.29 is 4.79 Å². The minimum atomic E-state index is -0.253. The average Bonchev–Trinajstić information content (AvgIpc) is 3.03. The summed E-state index contributed by atoms with van der Waals surface area (Å²) in [7, 11) is 0. The molecule has 1 aromatic carbocycles. The second kappa shape index (κ2) is 5.05. The third kappa shape index (κ3) is 2.16. The van der Waals surface area contributed by atoms with Crippen molar-refractivity contribution in [3.63, 3.8) is 0 Å². The molecule has 0 bridgehead atoms. The van der Waals surface area contributed by atoms with Gasteiger partial charge in [-0.1, -0.05) is 6.07 Å². The van der Waals surface area contributed by atoms with Crippen molar-refractivity contribution in [2.45, 2.75) is 32.7 Å². The van der Waals surface area contributed by atoms with Gasteiger partial charge in [-0.25, -0.2) is 0 Å². The van der Waals surface area contributed by atoms with Crippen LogP contribution in [0, 0.1) is 11.7 Å². The number of imidazole rings is 1. The highest BCUT2D eigenvalue weighted by atomic mass is 32.1. The van der Waals surface area contributed by atoms with Gasteiger partial charge in [-0.3, -0.25) is 4.79 Å². The number of benzene rings is 1. The molecule has 0 spiro atoms. The van der Waals surface area contributed by atoms with Gasteiger partial charge in [0.15, 0.2) is 4.77 Å². The van der Waals surface area contributed by atoms with E-state index < -0.39 is 0 Å². The molecule has 0 saturated carbocycles. The summed E-state index contributed by atoms with van der Waals surface area (Å²) < 4.78 is 2.55. The van der Waals surface area contributed by atoms with E-state index in [0.717, 1.165) is 37.0 Å². The molecule has 2 aromatic rings. The fourth-order valence-corrected chi connectivity index (χ4v) is 3.31. The maximum atomic E-state index is 12.6. The van der Waals surface area contributed by atoms with Crippen LogP contribution in [0.15, 0.2) is 18.2 Å². The van der Waals surface area contributed by atoms with Crippen molar-refractivity contribution in [1.29, 1.82) is 0 Å². The number of aromatic amines is 1. The van der Waals surface area contributed by atoms with E-state index >= 15 is 0 Å². The number of rotatable bonds is 2. The summed E-state index contributed by atoms with van der Waals surface area (Å²) in [5.41, 5.74) is 3.18. The lowest BCUT2D eigenvalue weighted by Crippen LogP contribution is -2.33. The first-order valence-corrected chi connectivity index (χ1v) is 7.48. The molecule has 3 rings (SSSR count). The number of nitrogens with zero attached hydrogens (tertiary/aromatic N) is 2. The van der Waals surface area contributed by atoms with E-state index in [1.807, 2.05) is 29.4 Å². The van der Waals surface area contributed by atoms with E-state index in [1.165, 1.54) is 5.56 Å². The van der Waals surface area contributed by atoms with Crippen LogP contribution in [0.1, 0.15) is 31.4 Å². The molecule has 1 N–H and O–H groups in total. The first-order chi connectivity index (χ1) is 9.58. The van der Waals surface area contributed by atoms with E-state index in [4.69, 9.17) is 12.2 Å². The van der Waals surface area contributed by atoms with E-state index in [1.54, 1.807) is 0 Å². The number of fused-ring (bicyclic) bond motifs is 1. The molecule has 1 unspecified atom stereocenters. The predicted octanol–water partition coefficient (Wildman–Crippen LogP) is 3.19. The lowest BCUT2D eigenvalue weighted by molar-refractivity contribution is -0.133. The molecule has 0 radical (unpaired) electrons. The van der Waals surface area contributed by atoms with Crippen LogP contribution in [0.4, 0.5) is 0 Å². The van der Waals surface area contributed by atoms with Crippen LogP contribution >= 0.6 is 12.2 Å². The van der Waals surface area contributed by atoms with Crippen LogP contribution in [-0.2, 0) is 4.79 Å². The van der Waals surface area contributed by atoms with E-state index in [-0.39, 0.29) is 11.9 Å². The Labute approximate surface area is 123 Å². The lowest BCUT2D eigenvalue weighted by Gasteiger charge is -2.21. The summed E-state index contributed by atoms with van der Waals surface area (Å²) in [4.78, 5) is 17.7. The SMILES string of the molecule is Cc1ccc2c(c1)[nH]c(=S)n2C(C)C(=O)N1CCCC1.